The maximum atomic E-state index is 6.00. The Labute approximate surface area is 109 Å². The molecule has 0 amide bonds. The highest BCUT2D eigenvalue weighted by atomic mass is 17.0. The smallest absolute Gasteiger partial charge is 0.0181 e. The molecule has 0 saturated carbocycles. The van der Waals surface area contributed by atoms with Gasteiger partial charge in [0.2, 0.25) is 0 Å². The molecule has 2 aromatic rings. The fourth-order valence-corrected chi connectivity index (χ4v) is 2.00. The average Bonchev–Trinajstić information content (AvgIpc) is 2.39. The van der Waals surface area contributed by atoms with E-state index in [2.05, 4.69) is 64.1 Å². The quantitative estimate of drug-likeness (QED) is 0.571. The van der Waals surface area contributed by atoms with Crippen LogP contribution < -0.4 is 0 Å². The second-order valence-electron chi connectivity index (χ2n) is 5.18. The third kappa shape index (κ3) is 3.31. The van der Waals surface area contributed by atoms with Crippen molar-refractivity contribution in [2.75, 3.05) is 0 Å². The number of hydrogen-bond acceptors (Lipinski definition) is 2. The van der Waals surface area contributed by atoms with Crippen LogP contribution in [0.25, 0.3) is 10.8 Å². The van der Waals surface area contributed by atoms with Crippen molar-refractivity contribution >= 4 is 10.8 Å². The predicted molar refractivity (Wildman–Crippen MR) is 77.4 cm³/mol. The van der Waals surface area contributed by atoms with Gasteiger partial charge in [0.1, 0.15) is 0 Å². The molecule has 0 bridgehead atoms. The van der Waals surface area contributed by atoms with Gasteiger partial charge in [-0.3, -0.25) is 10.5 Å². The zero-order valence-electron chi connectivity index (χ0n) is 11.5. The van der Waals surface area contributed by atoms with Crippen molar-refractivity contribution in [1.29, 1.82) is 0 Å². The fourth-order valence-electron chi connectivity index (χ4n) is 2.00. The third-order valence-electron chi connectivity index (χ3n) is 3.22. The lowest BCUT2D eigenvalue weighted by molar-refractivity contribution is -0.176. The highest BCUT2D eigenvalue weighted by Crippen LogP contribution is 2.24. The molecule has 0 aromatic heterocycles. The largest absolute Gasteiger partial charge is 0.255 e. The summed E-state index contributed by atoms with van der Waals surface area (Å²) in [5.41, 5.74) is 2.84. The van der Waals surface area contributed by atoms with Gasteiger partial charge in [0.15, 0.2) is 0 Å². The van der Waals surface area contributed by atoms with Gasteiger partial charge < -0.3 is 0 Å². The van der Waals surface area contributed by atoms with Gasteiger partial charge in [-0.05, 0) is 33.7 Å². The molecule has 0 heterocycles. The molecule has 0 fully saturated rings. The molecule has 0 atom stereocenters. The lowest BCUT2D eigenvalue weighted by Crippen LogP contribution is -1.89. The maximum Gasteiger partial charge on any atom is -0.0181 e. The van der Waals surface area contributed by atoms with Gasteiger partial charge in [-0.15, -0.1) is 0 Å². The Balaban J connectivity index is 0.000000771. The van der Waals surface area contributed by atoms with E-state index < -0.39 is 0 Å². The summed E-state index contributed by atoms with van der Waals surface area (Å²) in [7, 11) is 0. The van der Waals surface area contributed by atoms with Crippen molar-refractivity contribution in [3.8, 4) is 0 Å². The molecule has 2 heteroatoms. The minimum Gasteiger partial charge on any atom is -0.255 e. The summed E-state index contributed by atoms with van der Waals surface area (Å²) in [6.07, 6.45) is 0. The van der Waals surface area contributed by atoms with Crippen LogP contribution in [0.1, 0.15) is 50.7 Å². The molecular formula is C16H22O2. The number of rotatable bonds is 2. The summed E-state index contributed by atoms with van der Waals surface area (Å²) in [6, 6.07) is 13.6. The van der Waals surface area contributed by atoms with Crippen LogP contribution in [0.5, 0.6) is 0 Å². The van der Waals surface area contributed by atoms with Crippen LogP contribution in [0.3, 0.4) is 0 Å². The lowest BCUT2D eigenvalue weighted by atomic mass is 9.96. The molecule has 2 aromatic carbocycles. The molecule has 2 rings (SSSR count). The Morgan fingerprint density at radius 1 is 0.667 bits per heavy atom. The van der Waals surface area contributed by atoms with Crippen LogP contribution >= 0.6 is 0 Å². The first kappa shape index (κ1) is 14.7. The second kappa shape index (κ2) is 6.53. The van der Waals surface area contributed by atoms with E-state index >= 15 is 0 Å². The molecule has 98 valence electrons. The fraction of sp³-hybridized carbons (Fsp3) is 0.375. The monoisotopic (exact) mass is 246 g/mol. The van der Waals surface area contributed by atoms with E-state index in [-0.39, 0.29) is 0 Å². The van der Waals surface area contributed by atoms with Crippen molar-refractivity contribution < 1.29 is 10.5 Å². The molecule has 0 saturated heterocycles. The molecule has 0 aliphatic rings. The second-order valence-corrected chi connectivity index (χ2v) is 5.18. The van der Waals surface area contributed by atoms with Gasteiger partial charge in [-0.2, -0.15) is 0 Å². The summed E-state index contributed by atoms with van der Waals surface area (Å²) in [6.45, 7) is 8.96. The lowest BCUT2D eigenvalue weighted by Gasteiger charge is -2.10. The molecule has 0 aliphatic heterocycles. The molecule has 18 heavy (non-hydrogen) atoms. The van der Waals surface area contributed by atoms with E-state index in [1.165, 1.54) is 21.9 Å². The van der Waals surface area contributed by atoms with Crippen LogP contribution in [-0.2, 0) is 0 Å². The van der Waals surface area contributed by atoms with Crippen LogP contribution in [0, 0.1) is 0 Å². The summed E-state index contributed by atoms with van der Waals surface area (Å²) in [5, 5.41) is 14.7. The Bertz CT molecular complexity index is 454. The molecular weight excluding hydrogens is 224 g/mol. The predicted octanol–water partition coefficient (Wildman–Crippen LogP) is 5.10. The summed E-state index contributed by atoms with van der Waals surface area (Å²) < 4.78 is 0. The molecule has 0 aliphatic carbocycles. The van der Waals surface area contributed by atoms with E-state index in [9.17, 15) is 0 Å². The SMILES string of the molecule is CC(C)c1ccc2cc(C(C)C)ccc2c1.OO. The Kier molecular flexibility index (Phi) is 5.32. The maximum absolute atomic E-state index is 6.00. The van der Waals surface area contributed by atoms with Gasteiger partial charge in [0.05, 0.1) is 0 Å². The average molecular weight is 246 g/mol. The van der Waals surface area contributed by atoms with Crippen LogP contribution in [0.2, 0.25) is 0 Å². The van der Waals surface area contributed by atoms with Gasteiger partial charge in [-0.1, -0.05) is 64.1 Å². The van der Waals surface area contributed by atoms with Crippen molar-refractivity contribution in [3.63, 3.8) is 0 Å². The first-order valence-electron chi connectivity index (χ1n) is 6.31. The Morgan fingerprint density at radius 3 is 1.28 bits per heavy atom. The first-order chi connectivity index (χ1) is 8.58. The van der Waals surface area contributed by atoms with E-state index in [1.54, 1.807) is 0 Å². The van der Waals surface area contributed by atoms with Crippen LogP contribution in [0.4, 0.5) is 0 Å². The Hall–Kier alpha value is -1.38. The van der Waals surface area contributed by atoms with Crippen LogP contribution in [-0.4, -0.2) is 10.5 Å². The van der Waals surface area contributed by atoms with Crippen molar-refractivity contribution in [1.82, 2.24) is 0 Å². The number of benzene rings is 2. The zero-order chi connectivity index (χ0) is 13.7. The first-order valence-corrected chi connectivity index (χ1v) is 6.31. The van der Waals surface area contributed by atoms with E-state index in [4.69, 9.17) is 10.5 Å². The molecule has 0 unspecified atom stereocenters. The van der Waals surface area contributed by atoms with Gasteiger partial charge in [-0.25, -0.2) is 0 Å². The van der Waals surface area contributed by atoms with Crippen molar-refractivity contribution in [2.45, 2.75) is 39.5 Å². The summed E-state index contributed by atoms with van der Waals surface area (Å²) in [5.74, 6) is 1.21. The van der Waals surface area contributed by atoms with Gasteiger partial charge in [0.25, 0.3) is 0 Å². The van der Waals surface area contributed by atoms with Crippen LogP contribution in [0.15, 0.2) is 36.4 Å². The minimum atomic E-state index is 0.606. The molecule has 0 radical (unpaired) electrons. The summed E-state index contributed by atoms with van der Waals surface area (Å²) >= 11 is 0. The van der Waals surface area contributed by atoms with Crippen molar-refractivity contribution in [3.05, 3.63) is 47.5 Å². The molecule has 0 spiro atoms. The normalized spacial score (nSPS) is 10.7. The van der Waals surface area contributed by atoms with E-state index in [1.807, 2.05) is 0 Å². The number of hydrogen-bond donors (Lipinski definition) is 2. The topological polar surface area (TPSA) is 40.5 Å². The van der Waals surface area contributed by atoms with Gasteiger partial charge >= 0.3 is 0 Å². The minimum absolute atomic E-state index is 0.606. The third-order valence-corrected chi connectivity index (χ3v) is 3.22. The highest BCUT2D eigenvalue weighted by Gasteiger charge is 2.03. The van der Waals surface area contributed by atoms with E-state index in [0.717, 1.165) is 0 Å². The zero-order valence-corrected chi connectivity index (χ0v) is 11.5. The Morgan fingerprint density at radius 2 is 1.00 bits per heavy atom. The molecule has 2 N–H and O–H groups in total. The highest BCUT2D eigenvalue weighted by molar-refractivity contribution is 5.84. The summed E-state index contributed by atoms with van der Waals surface area (Å²) in [4.78, 5) is 0. The number of fused-ring (bicyclic) bond motifs is 1. The van der Waals surface area contributed by atoms with Gasteiger partial charge in [0, 0.05) is 0 Å². The van der Waals surface area contributed by atoms with Crippen molar-refractivity contribution in [2.24, 2.45) is 0 Å². The standard InChI is InChI=1S/C16H20.H2O2/c1-11(2)13-5-7-16-10-14(12(3)4)6-8-15(16)9-13;1-2/h5-12H,1-4H3;1-2H. The molecule has 2 nitrogen and oxygen atoms in total. The van der Waals surface area contributed by atoms with E-state index in [0.29, 0.717) is 11.8 Å².